The van der Waals surface area contributed by atoms with E-state index in [2.05, 4.69) is 26.2 Å². The van der Waals surface area contributed by atoms with Crippen molar-refractivity contribution in [2.75, 3.05) is 11.9 Å². The summed E-state index contributed by atoms with van der Waals surface area (Å²) in [6.07, 6.45) is 3.70. The summed E-state index contributed by atoms with van der Waals surface area (Å²) in [6, 6.07) is 2.22. The second-order valence-electron chi connectivity index (χ2n) is 3.85. The Morgan fingerprint density at radius 1 is 1.60 bits per heavy atom. The zero-order valence-electron chi connectivity index (χ0n) is 8.08. The van der Waals surface area contributed by atoms with E-state index in [1.807, 2.05) is 6.07 Å². The summed E-state index contributed by atoms with van der Waals surface area (Å²) in [5.41, 5.74) is 0. The average molecular weight is 292 g/mol. The van der Waals surface area contributed by atoms with Gasteiger partial charge in [-0.15, -0.1) is 0 Å². The molecular weight excluding hydrogens is 279 g/mol. The number of rotatable bonds is 3. The molecular formula is C10H12BrClN2O. The molecule has 1 aromatic heterocycles. The van der Waals surface area contributed by atoms with Crippen LogP contribution < -0.4 is 5.32 Å². The number of pyridine rings is 1. The van der Waals surface area contributed by atoms with Crippen LogP contribution in [0.1, 0.15) is 12.8 Å². The summed E-state index contributed by atoms with van der Waals surface area (Å²) < 4.78 is 0.875. The first-order valence-corrected chi connectivity index (χ1v) is 6.04. The minimum absolute atomic E-state index is 0.277. The lowest BCUT2D eigenvalue weighted by molar-refractivity contribution is 0.151. The smallest absolute Gasteiger partial charge is 0.145 e. The van der Waals surface area contributed by atoms with Gasteiger partial charge in [0.25, 0.3) is 0 Å². The molecule has 0 aromatic carbocycles. The van der Waals surface area contributed by atoms with Gasteiger partial charge in [0.15, 0.2) is 0 Å². The number of nitrogens with one attached hydrogen (secondary N) is 1. The fourth-order valence-electron chi connectivity index (χ4n) is 1.72. The Balaban J connectivity index is 1.94. The summed E-state index contributed by atoms with van der Waals surface area (Å²) in [5, 5.41) is 12.8. The third kappa shape index (κ3) is 2.62. The van der Waals surface area contributed by atoms with Gasteiger partial charge in [-0.3, -0.25) is 0 Å². The first-order chi connectivity index (χ1) is 7.19. The van der Waals surface area contributed by atoms with Gasteiger partial charge in [-0.1, -0.05) is 11.6 Å². The van der Waals surface area contributed by atoms with Gasteiger partial charge in [0, 0.05) is 23.3 Å². The largest absolute Gasteiger partial charge is 0.396 e. The topological polar surface area (TPSA) is 45.1 Å². The quantitative estimate of drug-likeness (QED) is 0.900. The molecule has 1 aromatic rings. The third-order valence-corrected chi connectivity index (χ3v) is 3.36. The van der Waals surface area contributed by atoms with Gasteiger partial charge in [0.2, 0.25) is 0 Å². The van der Waals surface area contributed by atoms with Gasteiger partial charge < -0.3 is 10.4 Å². The molecule has 0 saturated heterocycles. The molecule has 1 saturated carbocycles. The van der Waals surface area contributed by atoms with Gasteiger partial charge in [-0.2, -0.15) is 0 Å². The maximum atomic E-state index is 8.89. The molecule has 3 nitrogen and oxygen atoms in total. The van der Waals surface area contributed by atoms with Crippen molar-refractivity contribution in [2.24, 2.45) is 5.92 Å². The van der Waals surface area contributed by atoms with Crippen molar-refractivity contribution in [1.29, 1.82) is 0 Å². The molecule has 1 heterocycles. The van der Waals surface area contributed by atoms with Crippen LogP contribution in [0.3, 0.4) is 0 Å². The molecule has 0 spiro atoms. The van der Waals surface area contributed by atoms with E-state index >= 15 is 0 Å². The minimum Gasteiger partial charge on any atom is -0.396 e. The Labute approximate surface area is 102 Å². The Bertz CT molecular complexity index is 355. The van der Waals surface area contributed by atoms with E-state index in [1.165, 1.54) is 0 Å². The van der Waals surface area contributed by atoms with E-state index in [-0.39, 0.29) is 6.61 Å². The van der Waals surface area contributed by atoms with E-state index in [9.17, 15) is 0 Å². The lowest BCUT2D eigenvalue weighted by Gasteiger charge is -2.35. The van der Waals surface area contributed by atoms with E-state index < -0.39 is 0 Å². The van der Waals surface area contributed by atoms with Crippen LogP contribution in [-0.4, -0.2) is 22.7 Å². The highest BCUT2D eigenvalue weighted by Gasteiger charge is 2.28. The van der Waals surface area contributed by atoms with Crippen molar-refractivity contribution >= 4 is 33.3 Å². The van der Waals surface area contributed by atoms with Crippen LogP contribution in [0, 0.1) is 5.92 Å². The molecule has 0 aliphatic heterocycles. The highest BCUT2D eigenvalue weighted by atomic mass is 79.9. The summed E-state index contributed by atoms with van der Waals surface area (Å²) in [4.78, 5) is 4.20. The Kier molecular flexibility index (Phi) is 3.49. The molecule has 0 unspecified atom stereocenters. The number of hydrogen-bond donors (Lipinski definition) is 2. The fraction of sp³-hybridized carbons (Fsp3) is 0.500. The molecule has 15 heavy (non-hydrogen) atoms. The summed E-state index contributed by atoms with van der Waals surface area (Å²) >= 11 is 9.33. The molecule has 0 bridgehead atoms. The zero-order valence-corrected chi connectivity index (χ0v) is 10.4. The minimum atomic E-state index is 0.277. The van der Waals surface area contributed by atoms with Crippen LogP contribution in [0.15, 0.2) is 16.7 Å². The van der Waals surface area contributed by atoms with Crippen molar-refractivity contribution in [1.82, 2.24) is 4.98 Å². The average Bonchev–Trinajstić information content (AvgIpc) is 2.13. The number of nitrogens with zero attached hydrogens (tertiary/aromatic N) is 1. The molecule has 0 amide bonds. The molecule has 5 heteroatoms. The molecule has 1 fully saturated rings. The van der Waals surface area contributed by atoms with Crippen molar-refractivity contribution in [2.45, 2.75) is 18.9 Å². The van der Waals surface area contributed by atoms with Crippen molar-refractivity contribution in [3.8, 4) is 0 Å². The monoisotopic (exact) mass is 290 g/mol. The number of hydrogen-bond acceptors (Lipinski definition) is 3. The maximum Gasteiger partial charge on any atom is 0.145 e. The van der Waals surface area contributed by atoms with Crippen LogP contribution in [0.4, 0.5) is 5.82 Å². The standard InChI is InChI=1S/C10H12BrClN2O/c11-7-3-9(12)10(13-4-7)14-8-1-6(2-8)5-15/h3-4,6,8,15H,1-2,5H2,(H,13,14). The van der Waals surface area contributed by atoms with Crippen LogP contribution >= 0.6 is 27.5 Å². The molecule has 1 aliphatic rings. The summed E-state index contributed by atoms with van der Waals surface area (Å²) in [5.74, 6) is 1.16. The first kappa shape index (κ1) is 11.2. The Morgan fingerprint density at radius 3 is 2.93 bits per heavy atom. The van der Waals surface area contributed by atoms with E-state index in [0.717, 1.165) is 23.1 Å². The van der Waals surface area contributed by atoms with Gasteiger partial charge in [0.1, 0.15) is 5.82 Å². The van der Waals surface area contributed by atoms with Crippen LogP contribution in [0.25, 0.3) is 0 Å². The number of aliphatic hydroxyl groups is 1. The number of halogens is 2. The van der Waals surface area contributed by atoms with E-state index in [1.54, 1.807) is 6.20 Å². The SMILES string of the molecule is OCC1CC(Nc2ncc(Br)cc2Cl)C1. The molecule has 0 radical (unpaired) electrons. The lowest BCUT2D eigenvalue weighted by Crippen LogP contribution is -2.37. The number of aliphatic hydroxyl groups excluding tert-OH is 1. The molecule has 1 aliphatic carbocycles. The highest BCUT2D eigenvalue weighted by molar-refractivity contribution is 9.10. The number of anilines is 1. The predicted molar refractivity (Wildman–Crippen MR) is 64.2 cm³/mol. The maximum absolute atomic E-state index is 8.89. The van der Waals surface area contributed by atoms with Crippen molar-refractivity contribution in [3.05, 3.63) is 21.8 Å². The van der Waals surface area contributed by atoms with Gasteiger partial charge >= 0.3 is 0 Å². The van der Waals surface area contributed by atoms with E-state index in [4.69, 9.17) is 16.7 Å². The Morgan fingerprint density at radius 2 is 2.33 bits per heavy atom. The molecule has 82 valence electrons. The van der Waals surface area contributed by atoms with Gasteiger partial charge in [-0.05, 0) is 40.8 Å². The fourth-order valence-corrected chi connectivity index (χ4v) is 2.40. The van der Waals surface area contributed by atoms with Gasteiger partial charge in [0.05, 0.1) is 5.02 Å². The van der Waals surface area contributed by atoms with Crippen LogP contribution in [0.5, 0.6) is 0 Å². The highest BCUT2D eigenvalue weighted by Crippen LogP contribution is 2.31. The lowest BCUT2D eigenvalue weighted by atomic mass is 9.81. The molecule has 2 rings (SSSR count). The van der Waals surface area contributed by atoms with Crippen molar-refractivity contribution < 1.29 is 5.11 Å². The van der Waals surface area contributed by atoms with Gasteiger partial charge in [-0.25, -0.2) is 4.98 Å². The summed E-state index contributed by atoms with van der Waals surface area (Å²) in [6.45, 7) is 0.277. The van der Waals surface area contributed by atoms with E-state index in [0.29, 0.717) is 17.0 Å². The second-order valence-corrected chi connectivity index (χ2v) is 5.17. The molecule has 2 N–H and O–H groups in total. The normalized spacial score (nSPS) is 24.7. The molecule has 0 atom stereocenters. The zero-order chi connectivity index (χ0) is 10.8. The number of aromatic nitrogens is 1. The Hall–Kier alpha value is -0.320. The van der Waals surface area contributed by atoms with Crippen LogP contribution in [0.2, 0.25) is 5.02 Å². The second kappa shape index (κ2) is 4.68. The van der Waals surface area contributed by atoms with Crippen molar-refractivity contribution in [3.63, 3.8) is 0 Å². The third-order valence-electron chi connectivity index (χ3n) is 2.64. The predicted octanol–water partition coefficient (Wildman–Crippen LogP) is 2.68. The van der Waals surface area contributed by atoms with Crippen LogP contribution in [-0.2, 0) is 0 Å². The first-order valence-electron chi connectivity index (χ1n) is 4.87. The summed E-state index contributed by atoms with van der Waals surface area (Å²) in [7, 11) is 0.